The van der Waals surface area contributed by atoms with E-state index >= 15 is 0 Å². The number of aromatic nitrogens is 1. The third-order valence-corrected chi connectivity index (χ3v) is 4.45. The van der Waals surface area contributed by atoms with Gasteiger partial charge in [-0.2, -0.15) is 0 Å². The summed E-state index contributed by atoms with van der Waals surface area (Å²) >= 11 is 6.05. The second kappa shape index (κ2) is 7.32. The topological polar surface area (TPSA) is 81.4 Å². The number of esters is 1. The van der Waals surface area contributed by atoms with Gasteiger partial charge in [-0.25, -0.2) is 4.79 Å². The number of rotatable bonds is 4. The summed E-state index contributed by atoms with van der Waals surface area (Å²) in [5, 5.41) is 3.34. The molecule has 0 atom stereocenters. The first-order valence-corrected chi connectivity index (χ1v) is 8.98. The highest BCUT2D eigenvalue weighted by Crippen LogP contribution is 2.35. The SMILES string of the molecule is CCOC(=O)c1cncc(-c2ccc(/C=C3/C(=O)Nc4ccc(Cl)cc43)o2)c1. The molecule has 3 aromatic rings. The predicted molar refractivity (Wildman–Crippen MR) is 106 cm³/mol. The van der Waals surface area contributed by atoms with Crippen molar-refractivity contribution in [2.75, 3.05) is 11.9 Å². The number of nitrogens with one attached hydrogen (secondary N) is 1. The number of amides is 1. The molecule has 0 saturated carbocycles. The lowest BCUT2D eigenvalue weighted by molar-refractivity contribution is -0.110. The number of furan rings is 1. The Morgan fingerprint density at radius 1 is 1.25 bits per heavy atom. The summed E-state index contributed by atoms with van der Waals surface area (Å²) in [7, 11) is 0. The van der Waals surface area contributed by atoms with Gasteiger partial charge >= 0.3 is 5.97 Å². The fourth-order valence-corrected chi connectivity index (χ4v) is 3.10. The number of nitrogens with zero attached hydrogens (tertiary/aromatic N) is 1. The summed E-state index contributed by atoms with van der Waals surface area (Å²) in [6, 6.07) is 10.4. The smallest absolute Gasteiger partial charge is 0.339 e. The fraction of sp³-hybridized carbons (Fsp3) is 0.0952. The van der Waals surface area contributed by atoms with Crippen molar-refractivity contribution in [3.8, 4) is 11.3 Å². The molecule has 0 spiro atoms. The third kappa shape index (κ3) is 3.42. The van der Waals surface area contributed by atoms with E-state index in [-0.39, 0.29) is 12.5 Å². The number of halogens is 1. The molecule has 2 aromatic heterocycles. The zero-order chi connectivity index (χ0) is 19.7. The number of ether oxygens (including phenoxy) is 1. The first-order valence-electron chi connectivity index (χ1n) is 8.60. The van der Waals surface area contributed by atoms with E-state index in [9.17, 15) is 9.59 Å². The molecule has 1 aromatic carbocycles. The van der Waals surface area contributed by atoms with E-state index in [0.29, 0.717) is 38.9 Å². The molecule has 0 bridgehead atoms. The quantitative estimate of drug-likeness (QED) is 0.514. The van der Waals surface area contributed by atoms with E-state index in [1.165, 1.54) is 6.20 Å². The van der Waals surface area contributed by atoms with Crippen LogP contribution in [0.15, 0.2) is 53.2 Å². The molecule has 3 heterocycles. The molecule has 0 unspecified atom stereocenters. The van der Waals surface area contributed by atoms with Gasteiger partial charge in [-0.3, -0.25) is 9.78 Å². The van der Waals surface area contributed by atoms with Crippen LogP contribution in [-0.4, -0.2) is 23.5 Å². The van der Waals surface area contributed by atoms with E-state index in [2.05, 4.69) is 10.3 Å². The van der Waals surface area contributed by atoms with Crippen LogP contribution in [0.25, 0.3) is 23.0 Å². The minimum absolute atomic E-state index is 0.221. The third-order valence-electron chi connectivity index (χ3n) is 4.21. The maximum Gasteiger partial charge on any atom is 0.339 e. The van der Waals surface area contributed by atoms with Gasteiger partial charge in [-0.15, -0.1) is 0 Å². The lowest BCUT2D eigenvalue weighted by atomic mass is 10.1. The van der Waals surface area contributed by atoms with Gasteiger partial charge in [0.25, 0.3) is 5.91 Å². The van der Waals surface area contributed by atoms with Crippen molar-refractivity contribution < 1.29 is 18.7 Å². The Bertz CT molecular complexity index is 1120. The summed E-state index contributed by atoms with van der Waals surface area (Å²) in [6.45, 7) is 2.03. The summed E-state index contributed by atoms with van der Waals surface area (Å²) in [5.74, 6) is 0.354. The molecule has 4 rings (SSSR count). The average Bonchev–Trinajstić information content (AvgIpc) is 3.28. The molecule has 7 heteroatoms. The zero-order valence-electron chi connectivity index (χ0n) is 14.9. The van der Waals surface area contributed by atoms with Crippen LogP contribution in [0.2, 0.25) is 5.02 Å². The van der Waals surface area contributed by atoms with Crippen molar-refractivity contribution in [1.82, 2.24) is 4.98 Å². The molecule has 1 aliphatic heterocycles. The fourth-order valence-electron chi connectivity index (χ4n) is 2.93. The second-order valence-electron chi connectivity index (χ2n) is 6.09. The lowest BCUT2D eigenvalue weighted by Gasteiger charge is -2.02. The van der Waals surface area contributed by atoms with E-state index in [0.717, 1.165) is 5.56 Å². The number of carbonyl (C=O) groups is 2. The summed E-state index contributed by atoms with van der Waals surface area (Å²) in [6.07, 6.45) is 4.69. The summed E-state index contributed by atoms with van der Waals surface area (Å²) in [4.78, 5) is 28.2. The standard InChI is InChI=1S/C21H15ClN2O4/c1-2-27-21(26)13-7-12(10-23-11-13)19-6-4-15(28-19)9-17-16-8-14(22)3-5-18(16)24-20(17)25/h3-11H,2H2,1H3,(H,24,25)/b17-9+. The van der Waals surface area contributed by atoms with Gasteiger partial charge in [0.1, 0.15) is 11.5 Å². The Kier molecular flexibility index (Phi) is 4.71. The van der Waals surface area contributed by atoms with Gasteiger partial charge in [0.15, 0.2) is 0 Å². The number of pyridine rings is 1. The Balaban J connectivity index is 1.65. The number of anilines is 1. The molecule has 140 valence electrons. The number of carbonyl (C=O) groups excluding carboxylic acids is 2. The van der Waals surface area contributed by atoms with Crippen molar-refractivity contribution in [1.29, 1.82) is 0 Å². The Morgan fingerprint density at radius 3 is 2.93 bits per heavy atom. The van der Waals surface area contributed by atoms with Gasteiger partial charge in [-0.05, 0) is 49.4 Å². The Labute approximate surface area is 165 Å². The van der Waals surface area contributed by atoms with Gasteiger partial charge in [0.05, 0.1) is 17.7 Å². The van der Waals surface area contributed by atoms with Crippen molar-refractivity contribution >= 4 is 40.8 Å². The van der Waals surface area contributed by atoms with Crippen molar-refractivity contribution in [3.05, 3.63) is 70.7 Å². The molecule has 0 aliphatic carbocycles. The molecule has 6 nitrogen and oxygen atoms in total. The molecule has 0 radical (unpaired) electrons. The van der Waals surface area contributed by atoms with Gasteiger partial charge in [0, 0.05) is 34.2 Å². The monoisotopic (exact) mass is 394 g/mol. The summed E-state index contributed by atoms with van der Waals surface area (Å²) in [5.41, 5.74) is 2.88. The van der Waals surface area contributed by atoms with Crippen LogP contribution < -0.4 is 5.32 Å². The number of hydrogen-bond acceptors (Lipinski definition) is 5. The highest BCUT2D eigenvalue weighted by atomic mass is 35.5. The minimum Gasteiger partial charge on any atom is -0.462 e. The van der Waals surface area contributed by atoms with E-state index in [1.807, 2.05) is 0 Å². The number of hydrogen-bond donors (Lipinski definition) is 1. The van der Waals surface area contributed by atoms with Crippen molar-refractivity contribution in [3.63, 3.8) is 0 Å². The van der Waals surface area contributed by atoms with E-state index < -0.39 is 5.97 Å². The zero-order valence-corrected chi connectivity index (χ0v) is 15.6. The van der Waals surface area contributed by atoms with Crippen LogP contribution in [0, 0.1) is 0 Å². The maximum atomic E-state index is 12.3. The molecule has 28 heavy (non-hydrogen) atoms. The van der Waals surface area contributed by atoms with E-state index in [4.69, 9.17) is 20.8 Å². The molecular formula is C21H15ClN2O4. The minimum atomic E-state index is -0.443. The molecule has 1 aliphatic rings. The van der Waals surface area contributed by atoms with Crippen LogP contribution in [0.5, 0.6) is 0 Å². The first kappa shape index (κ1) is 18.0. The van der Waals surface area contributed by atoms with Crippen LogP contribution in [0.3, 0.4) is 0 Å². The molecular weight excluding hydrogens is 380 g/mol. The lowest BCUT2D eigenvalue weighted by Crippen LogP contribution is -2.05. The highest BCUT2D eigenvalue weighted by molar-refractivity contribution is 6.36. The predicted octanol–water partition coefficient (Wildman–Crippen LogP) is 4.66. The van der Waals surface area contributed by atoms with Crippen molar-refractivity contribution in [2.24, 2.45) is 0 Å². The molecule has 1 amide bonds. The first-order chi connectivity index (χ1) is 13.5. The molecule has 1 N–H and O–H groups in total. The highest BCUT2D eigenvalue weighted by Gasteiger charge is 2.24. The van der Waals surface area contributed by atoms with Crippen LogP contribution in [-0.2, 0) is 9.53 Å². The van der Waals surface area contributed by atoms with Crippen LogP contribution in [0.4, 0.5) is 5.69 Å². The molecule has 0 fully saturated rings. The average molecular weight is 395 g/mol. The van der Waals surface area contributed by atoms with E-state index in [1.54, 1.807) is 55.6 Å². The summed E-state index contributed by atoms with van der Waals surface area (Å²) < 4.78 is 10.8. The second-order valence-corrected chi connectivity index (χ2v) is 6.52. The Hall–Kier alpha value is -3.38. The largest absolute Gasteiger partial charge is 0.462 e. The molecule has 0 saturated heterocycles. The van der Waals surface area contributed by atoms with Gasteiger partial charge in [0.2, 0.25) is 0 Å². The normalized spacial score (nSPS) is 14.1. The maximum absolute atomic E-state index is 12.3. The van der Waals surface area contributed by atoms with Gasteiger partial charge in [-0.1, -0.05) is 11.6 Å². The van der Waals surface area contributed by atoms with Gasteiger partial charge < -0.3 is 14.5 Å². The van der Waals surface area contributed by atoms with Crippen LogP contribution in [0.1, 0.15) is 28.6 Å². The Morgan fingerprint density at radius 2 is 2.11 bits per heavy atom. The number of fused-ring (bicyclic) bond motifs is 1. The van der Waals surface area contributed by atoms with Crippen LogP contribution >= 0.6 is 11.6 Å². The number of benzene rings is 1. The van der Waals surface area contributed by atoms with Crippen molar-refractivity contribution in [2.45, 2.75) is 6.92 Å².